The van der Waals surface area contributed by atoms with Crippen molar-refractivity contribution in [1.29, 1.82) is 0 Å². The summed E-state index contributed by atoms with van der Waals surface area (Å²) >= 11 is 0. The Labute approximate surface area is 109 Å². The first kappa shape index (κ1) is 10.2. The zero-order valence-electron chi connectivity index (χ0n) is 10.0. The molecule has 1 N–H and O–H groups in total. The van der Waals surface area contributed by atoms with Crippen molar-refractivity contribution < 1.29 is 0 Å². The average molecular weight is 246 g/mol. The third-order valence-electron chi connectivity index (χ3n) is 3.12. The molecule has 1 aromatic carbocycles. The molecule has 0 bridgehead atoms. The van der Waals surface area contributed by atoms with Gasteiger partial charge in [0.1, 0.15) is 5.69 Å². The first-order valence-electron chi connectivity index (χ1n) is 6.06. The maximum atomic E-state index is 4.61. The van der Waals surface area contributed by atoms with E-state index in [4.69, 9.17) is 0 Å². The van der Waals surface area contributed by atoms with Crippen molar-refractivity contribution in [3.8, 4) is 11.5 Å². The number of hydrogen-bond acceptors (Lipinski definition) is 3. The van der Waals surface area contributed by atoms with Gasteiger partial charge in [0, 0.05) is 17.8 Å². The lowest BCUT2D eigenvalue weighted by Gasteiger charge is -1.99. The van der Waals surface area contributed by atoms with E-state index in [0.717, 1.165) is 33.5 Å². The van der Waals surface area contributed by atoms with Crippen LogP contribution in [0.4, 0.5) is 0 Å². The van der Waals surface area contributed by atoms with Gasteiger partial charge in [0.25, 0.3) is 0 Å². The van der Waals surface area contributed by atoms with Crippen LogP contribution >= 0.6 is 0 Å². The predicted octanol–water partition coefficient (Wildman–Crippen LogP) is 3.17. The summed E-state index contributed by atoms with van der Waals surface area (Å²) < 4.78 is 0. The molecule has 0 saturated heterocycles. The molecule has 0 fully saturated rings. The number of nitrogens with zero attached hydrogens (tertiary/aromatic N) is 3. The number of aromatic nitrogens is 4. The van der Waals surface area contributed by atoms with E-state index in [1.165, 1.54) is 0 Å². The Balaban J connectivity index is 1.93. The van der Waals surface area contributed by atoms with Crippen LogP contribution in [0.3, 0.4) is 0 Å². The van der Waals surface area contributed by atoms with Gasteiger partial charge in [-0.2, -0.15) is 0 Å². The van der Waals surface area contributed by atoms with Gasteiger partial charge in [-0.1, -0.05) is 12.1 Å². The fourth-order valence-corrected chi connectivity index (χ4v) is 2.17. The van der Waals surface area contributed by atoms with Gasteiger partial charge < -0.3 is 4.98 Å². The Kier molecular flexibility index (Phi) is 2.08. The van der Waals surface area contributed by atoms with Crippen LogP contribution in [-0.2, 0) is 0 Å². The second-order valence-corrected chi connectivity index (χ2v) is 4.37. The highest BCUT2D eigenvalue weighted by atomic mass is 14.9. The molecule has 0 aliphatic carbocycles. The molecule has 3 aromatic heterocycles. The summed E-state index contributed by atoms with van der Waals surface area (Å²) in [5.41, 5.74) is 3.74. The fourth-order valence-electron chi connectivity index (χ4n) is 2.17. The van der Waals surface area contributed by atoms with Gasteiger partial charge in [-0.25, -0.2) is 9.97 Å². The molecule has 0 aliphatic heterocycles. The smallest absolute Gasteiger partial charge is 0.157 e. The first-order valence-corrected chi connectivity index (χ1v) is 6.06. The Morgan fingerprint density at radius 3 is 2.74 bits per heavy atom. The SMILES string of the molecule is c1ccc2[nH]c(-c3ccc4cnccc4n3)nc2c1. The topological polar surface area (TPSA) is 54.5 Å². The van der Waals surface area contributed by atoms with Gasteiger partial charge in [0.2, 0.25) is 0 Å². The number of pyridine rings is 2. The standard InChI is InChI=1S/C15H10N4/c1-2-4-13-12(3-1)18-15(19-13)14-6-5-10-9-16-8-7-11(10)17-14/h1-9H,(H,18,19). The van der Waals surface area contributed by atoms with Crippen molar-refractivity contribution in [3.05, 3.63) is 54.9 Å². The predicted molar refractivity (Wildman–Crippen MR) is 74.6 cm³/mol. The van der Waals surface area contributed by atoms with E-state index in [0.29, 0.717) is 0 Å². The maximum absolute atomic E-state index is 4.61. The Morgan fingerprint density at radius 1 is 0.842 bits per heavy atom. The van der Waals surface area contributed by atoms with Gasteiger partial charge in [0.05, 0.1) is 16.6 Å². The Morgan fingerprint density at radius 2 is 1.79 bits per heavy atom. The van der Waals surface area contributed by atoms with E-state index >= 15 is 0 Å². The minimum atomic E-state index is 0.792. The molecule has 0 unspecified atom stereocenters. The monoisotopic (exact) mass is 246 g/mol. The lowest BCUT2D eigenvalue weighted by molar-refractivity contribution is 1.26. The normalized spacial score (nSPS) is 11.2. The fraction of sp³-hybridized carbons (Fsp3) is 0. The molecular formula is C15H10N4. The number of H-pyrrole nitrogens is 1. The van der Waals surface area contributed by atoms with Crippen molar-refractivity contribution in [2.45, 2.75) is 0 Å². The number of imidazole rings is 1. The molecule has 0 saturated carbocycles. The van der Waals surface area contributed by atoms with E-state index in [1.807, 2.05) is 48.7 Å². The number of rotatable bonds is 1. The van der Waals surface area contributed by atoms with Crippen molar-refractivity contribution in [2.24, 2.45) is 0 Å². The lowest BCUT2D eigenvalue weighted by Crippen LogP contribution is -1.87. The van der Waals surface area contributed by atoms with Crippen LogP contribution in [0.2, 0.25) is 0 Å². The largest absolute Gasteiger partial charge is 0.337 e. The molecule has 4 heteroatoms. The summed E-state index contributed by atoms with van der Waals surface area (Å²) in [6, 6.07) is 13.8. The highest BCUT2D eigenvalue weighted by Crippen LogP contribution is 2.20. The number of benzene rings is 1. The maximum Gasteiger partial charge on any atom is 0.157 e. The van der Waals surface area contributed by atoms with Crippen molar-refractivity contribution in [1.82, 2.24) is 19.9 Å². The van der Waals surface area contributed by atoms with Gasteiger partial charge in [-0.05, 0) is 30.3 Å². The van der Waals surface area contributed by atoms with Crippen molar-refractivity contribution in [2.75, 3.05) is 0 Å². The van der Waals surface area contributed by atoms with Gasteiger partial charge >= 0.3 is 0 Å². The molecule has 4 nitrogen and oxygen atoms in total. The quantitative estimate of drug-likeness (QED) is 0.561. The van der Waals surface area contributed by atoms with Crippen molar-refractivity contribution >= 4 is 21.9 Å². The number of aromatic amines is 1. The first-order chi connectivity index (χ1) is 9.40. The third-order valence-corrected chi connectivity index (χ3v) is 3.12. The third kappa shape index (κ3) is 1.65. The van der Waals surface area contributed by atoms with Crippen LogP contribution in [0.5, 0.6) is 0 Å². The van der Waals surface area contributed by atoms with Crippen molar-refractivity contribution in [3.63, 3.8) is 0 Å². The molecule has 0 radical (unpaired) electrons. The molecule has 90 valence electrons. The summed E-state index contributed by atoms with van der Waals surface area (Å²) in [7, 11) is 0. The second kappa shape index (κ2) is 3.88. The molecule has 0 aliphatic rings. The molecule has 0 amide bonds. The zero-order valence-corrected chi connectivity index (χ0v) is 10.0. The number of fused-ring (bicyclic) bond motifs is 2. The Bertz CT molecular complexity index is 846. The van der Waals surface area contributed by atoms with Gasteiger partial charge in [-0.15, -0.1) is 0 Å². The van der Waals surface area contributed by atoms with E-state index in [9.17, 15) is 0 Å². The molecular weight excluding hydrogens is 236 g/mol. The van der Waals surface area contributed by atoms with E-state index in [2.05, 4.69) is 19.9 Å². The van der Waals surface area contributed by atoms with Crippen LogP contribution in [0.15, 0.2) is 54.9 Å². The van der Waals surface area contributed by atoms with E-state index < -0.39 is 0 Å². The highest BCUT2D eigenvalue weighted by Gasteiger charge is 2.06. The van der Waals surface area contributed by atoms with E-state index in [-0.39, 0.29) is 0 Å². The molecule has 4 aromatic rings. The summed E-state index contributed by atoms with van der Waals surface area (Å²) in [4.78, 5) is 16.5. The van der Waals surface area contributed by atoms with Crippen LogP contribution in [0, 0.1) is 0 Å². The minimum Gasteiger partial charge on any atom is -0.337 e. The van der Waals surface area contributed by atoms with Gasteiger partial charge in [-0.3, -0.25) is 4.98 Å². The number of nitrogens with one attached hydrogen (secondary N) is 1. The van der Waals surface area contributed by atoms with Crippen LogP contribution in [0.25, 0.3) is 33.5 Å². The van der Waals surface area contributed by atoms with Crippen LogP contribution in [0.1, 0.15) is 0 Å². The number of hydrogen-bond donors (Lipinski definition) is 1. The van der Waals surface area contributed by atoms with Gasteiger partial charge in [0.15, 0.2) is 5.82 Å². The summed E-state index contributed by atoms with van der Waals surface area (Å²) in [6.45, 7) is 0. The summed E-state index contributed by atoms with van der Waals surface area (Å²) in [6.07, 6.45) is 3.56. The molecule has 3 heterocycles. The van der Waals surface area contributed by atoms with E-state index in [1.54, 1.807) is 6.20 Å². The lowest BCUT2D eigenvalue weighted by atomic mass is 10.2. The molecule has 19 heavy (non-hydrogen) atoms. The van der Waals surface area contributed by atoms with Crippen LogP contribution < -0.4 is 0 Å². The van der Waals surface area contributed by atoms with Crippen LogP contribution in [-0.4, -0.2) is 19.9 Å². The Hall–Kier alpha value is -2.75. The summed E-state index contributed by atoms with van der Waals surface area (Å²) in [5, 5.41) is 1.03. The molecule has 0 atom stereocenters. The summed E-state index contributed by atoms with van der Waals surface area (Å²) in [5.74, 6) is 0.792. The molecule has 0 spiro atoms. The number of para-hydroxylation sites is 2. The molecule has 4 rings (SSSR count). The highest BCUT2D eigenvalue weighted by molar-refractivity contribution is 5.82. The minimum absolute atomic E-state index is 0.792. The zero-order chi connectivity index (χ0) is 12.7. The second-order valence-electron chi connectivity index (χ2n) is 4.37. The average Bonchev–Trinajstić information content (AvgIpc) is 2.90.